The predicted molar refractivity (Wildman–Crippen MR) is 76.7 cm³/mol. The van der Waals surface area contributed by atoms with E-state index in [1.165, 1.54) is 5.56 Å². The van der Waals surface area contributed by atoms with Gasteiger partial charge in [-0.15, -0.1) is 0 Å². The highest BCUT2D eigenvalue weighted by Gasteiger charge is 2.27. The first-order valence-electron chi connectivity index (χ1n) is 7.20. The SMILES string of the molecule is CCc1ccc(C(=O)N2CCC(CCC(=O)O)C2)cc1. The first-order chi connectivity index (χ1) is 9.60. The van der Waals surface area contributed by atoms with E-state index in [-0.39, 0.29) is 12.3 Å². The Balaban J connectivity index is 1.91. The second-order valence-electron chi connectivity index (χ2n) is 5.39. The van der Waals surface area contributed by atoms with Crippen molar-refractivity contribution in [1.29, 1.82) is 0 Å². The molecular weight excluding hydrogens is 254 g/mol. The molecule has 1 aliphatic rings. The van der Waals surface area contributed by atoms with Crippen LogP contribution in [0.4, 0.5) is 0 Å². The second kappa shape index (κ2) is 6.55. The molecule has 1 aromatic carbocycles. The van der Waals surface area contributed by atoms with Crippen LogP contribution in [0.5, 0.6) is 0 Å². The first-order valence-corrected chi connectivity index (χ1v) is 7.20. The van der Waals surface area contributed by atoms with E-state index in [4.69, 9.17) is 5.11 Å². The summed E-state index contributed by atoms with van der Waals surface area (Å²) in [5.74, 6) is -0.375. The van der Waals surface area contributed by atoms with Crippen LogP contribution in [0.2, 0.25) is 0 Å². The lowest BCUT2D eigenvalue weighted by Gasteiger charge is -2.16. The van der Waals surface area contributed by atoms with E-state index in [1.807, 2.05) is 29.2 Å². The average Bonchev–Trinajstić information content (AvgIpc) is 2.93. The van der Waals surface area contributed by atoms with Crippen molar-refractivity contribution in [3.63, 3.8) is 0 Å². The zero-order valence-electron chi connectivity index (χ0n) is 11.8. The van der Waals surface area contributed by atoms with Gasteiger partial charge in [-0.1, -0.05) is 19.1 Å². The number of carbonyl (C=O) groups is 2. The van der Waals surface area contributed by atoms with Crippen LogP contribution in [-0.2, 0) is 11.2 Å². The number of carbonyl (C=O) groups excluding carboxylic acids is 1. The van der Waals surface area contributed by atoms with Gasteiger partial charge >= 0.3 is 5.97 Å². The lowest BCUT2D eigenvalue weighted by molar-refractivity contribution is -0.137. The van der Waals surface area contributed by atoms with Crippen LogP contribution in [0, 0.1) is 5.92 Å². The predicted octanol–water partition coefficient (Wildman–Crippen LogP) is 2.58. The largest absolute Gasteiger partial charge is 0.481 e. The molecule has 1 unspecified atom stereocenters. The number of amides is 1. The topological polar surface area (TPSA) is 57.6 Å². The molecule has 1 amide bonds. The number of rotatable bonds is 5. The van der Waals surface area contributed by atoms with Crippen LogP contribution < -0.4 is 0 Å². The highest BCUT2D eigenvalue weighted by molar-refractivity contribution is 5.94. The molecule has 1 fully saturated rings. The lowest BCUT2D eigenvalue weighted by atomic mass is 10.0. The molecule has 20 heavy (non-hydrogen) atoms. The Morgan fingerprint density at radius 3 is 2.60 bits per heavy atom. The number of nitrogens with zero attached hydrogens (tertiary/aromatic N) is 1. The molecule has 1 saturated heterocycles. The van der Waals surface area contributed by atoms with Gasteiger partial charge in [-0.2, -0.15) is 0 Å². The number of benzene rings is 1. The minimum absolute atomic E-state index is 0.0606. The third kappa shape index (κ3) is 3.59. The van der Waals surface area contributed by atoms with Crippen LogP contribution in [0.1, 0.15) is 42.1 Å². The van der Waals surface area contributed by atoms with Crippen molar-refractivity contribution in [2.24, 2.45) is 5.92 Å². The summed E-state index contributed by atoms with van der Waals surface area (Å²) in [7, 11) is 0. The molecule has 1 aromatic rings. The molecule has 0 bridgehead atoms. The Hall–Kier alpha value is -1.84. The lowest BCUT2D eigenvalue weighted by Crippen LogP contribution is -2.28. The van der Waals surface area contributed by atoms with Crippen molar-refractivity contribution < 1.29 is 14.7 Å². The number of hydrogen-bond acceptors (Lipinski definition) is 2. The van der Waals surface area contributed by atoms with Gasteiger partial charge in [-0.3, -0.25) is 9.59 Å². The molecule has 0 aromatic heterocycles. The van der Waals surface area contributed by atoms with Crippen LogP contribution >= 0.6 is 0 Å². The summed E-state index contributed by atoms with van der Waals surface area (Å²) in [5, 5.41) is 8.70. The van der Waals surface area contributed by atoms with Crippen molar-refractivity contribution >= 4 is 11.9 Å². The van der Waals surface area contributed by atoms with Crippen LogP contribution in [0.3, 0.4) is 0 Å². The molecule has 2 rings (SSSR count). The Morgan fingerprint density at radius 1 is 1.30 bits per heavy atom. The van der Waals surface area contributed by atoms with Crippen molar-refractivity contribution in [2.75, 3.05) is 13.1 Å². The van der Waals surface area contributed by atoms with E-state index in [0.717, 1.165) is 24.9 Å². The summed E-state index contributed by atoms with van der Waals surface area (Å²) >= 11 is 0. The summed E-state index contributed by atoms with van der Waals surface area (Å²) in [6.07, 6.45) is 2.73. The van der Waals surface area contributed by atoms with E-state index in [0.29, 0.717) is 18.9 Å². The fraction of sp³-hybridized carbons (Fsp3) is 0.500. The van der Waals surface area contributed by atoms with E-state index in [9.17, 15) is 9.59 Å². The van der Waals surface area contributed by atoms with Gasteiger partial charge in [-0.05, 0) is 42.9 Å². The summed E-state index contributed by atoms with van der Waals surface area (Å²) in [6, 6.07) is 7.74. The van der Waals surface area contributed by atoms with Crippen molar-refractivity contribution in [3.05, 3.63) is 35.4 Å². The highest BCUT2D eigenvalue weighted by Crippen LogP contribution is 2.22. The number of likely N-dealkylation sites (tertiary alicyclic amines) is 1. The quantitative estimate of drug-likeness (QED) is 0.898. The van der Waals surface area contributed by atoms with Crippen LogP contribution in [-0.4, -0.2) is 35.0 Å². The summed E-state index contributed by atoms with van der Waals surface area (Å²) < 4.78 is 0. The average molecular weight is 275 g/mol. The third-order valence-electron chi connectivity index (χ3n) is 3.95. The van der Waals surface area contributed by atoms with Crippen molar-refractivity contribution in [2.45, 2.75) is 32.6 Å². The molecule has 1 heterocycles. The standard InChI is InChI=1S/C16H21NO3/c1-2-12-3-6-14(7-4-12)16(20)17-10-9-13(11-17)5-8-15(18)19/h3-4,6-7,13H,2,5,8-11H2,1H3,(H,18,19). The molecule has 1 atom stereocenters. The molecular formula is C16H21NO3. The maximum absolute atomic E-state index is 12.3. The summed E-state index contributed by atoms with van der Waals surface area (Å²) in [6.45, 7) is 3.50. The van der Waals surface area contributed by atoms with Gasteiger partial charge < -0.3 is 10.0 Å². The van der Waals surface area contributed by atoms with Crippen LogP contribution in [0.25, 0.3) is 0 Å². The first kappa shape index (κ1) is 14.6. The van der Waals surface area contributed by atoms with Crippen molar-refractivity contribution in [3.8, 4) is 0 Å². The Bertz CT molecular complexity index is 481. The zero-order valence-corrected chi connectivity index (χ0v) is 11.8. The summed E-state index contributed by atoms with van der Waals surface area (Å²) in [4.78, 5) is 24.8. The van der Waals surface area contributed by atoms with Gasteiger partial charge in [0.1, 0.15) is 0 Å². The normalized spacial score (nSPS) is 18.2. The second-order valence-corrected chi connectivity index (χ2v) is 5.39. The third-order valence-corrected chi connectivity index (χ3v) is 3.95. The molecule has 4 nitrogen and oxygen atoms in total. The Kier molecular flexibility index (Phi) is 4.77. The van der Waals surface area contributed by atoms with Gasteiger partial charge in [0.15, 0.2) is 0 Å². The van der Waals surface area contributed by atoms with Crippen molar-refractivity contribution in [1.82, 2.24) is 4.90 Å². The van der Waals surface area contributed by atoms with Gasteiger partial charge in [0, 0.05) is 25.1 Å². The maximum atomic E-state index is 12.3. The number of aliphatic carboxylic acids is 1. The van der Waals surface area contributed by atoms with Gasteiger partial charge in [0.05, 0.1) is 0 Å². The van der Waals surface area contributed by atoms with E-state index < -0.39 is 5.97 Å². The van der Waals surface area contributed by atoms with E-state index >= 15 is 0 Å². The molecule has 4 heteroatoms. The Labute approximate surface area is 119 Å². The van der Waals surface area contributed by atoms with E-state index in [2.05, 4.69) is 6.92 Å². The fourth-order valence-electron chi connectivity index (χ4n) is 2.65. The smallest absolute Gasteiger partial charge is 0.303 e. The number of aryl methyl sites for hydroxylation is 1. The maximum Gasteiger partial charge on any atom is 0.303 e. The van der Waals surface area contributed by atoms with Gasteiger partial charge in [0.25, 0.3) is 5.91 Å². The van der Waals surface area contributed by atoms with Gasteiger partial charge in [-0.25, -0.2) is 0 Å². The number of carboxylic acid groups (broad SMARTS) is 1. The summed E-state index contributed by atoms with van der Waals surface area (Å²) in [5.41, 5.74) is 1.95. The molecule has 0 radical (unpaired) electrons. The van der Waals surface area contributed by atoms with E-state index in [1.54, 1.807) is 0 Å². The fourth-order valence-corrected chi connectivity index (χ4v) is 2.65. The van der Waals surface area contributed by atoms with Gasteiger partial charge in [0.2, 0.25) is 0 Å². The minimum Gasteiger partial charge on any atom is -0.481 e. The molecule has 0 saturated carbocycles. The number of hydrogen-bond donors (Lipinski definition) is 1. The molecule has 0 spiro atoms. The molecule has 1 aliphatic heterocycles. The molecule has 108 valence electrons. The molecule has 0 aliphatic carbocycles. The monoisotopic (exact) mass is 275 g/mol. The zero-order chi connectivity index (χ0) is 14.5. The Morgan fingerprint density at radius 2 is 2.00 bits per heavy atom. The molecule has 1 N–H and O–H groups in total. The highest BCUT2D eigenvalue weighted by atomic mass is 16.4. The minimum atomic E-state index is -0.759. The van der Waals surface area contributed by atoms with Crippen LogP contribution in [0.15, 0.2) is 24.3 Å². The number of carboxylic acids is 1.